The van der Waals surface area contributed by atoms with Crippen LogP contribution in [0.25, 0.3) is 0 Å². The predicted octanol–water partition coefficient (Wildman–Crippen LogP) is 3.15. The highest BCUT2D eigenvalue weighted by Gasteiger charge is 2.19. The molecule has 1 aromatic rings. The average Bonchev–Trinajstić information content (AvgIpc) is 2.97. The van der Waals surface area contributed by atoms with E-state index in [1.807, 2.05) is 0 Å². The standard InChI is InChI=1S/C19H37N5O/c1-9-20-18(21-10-11-24(14(2)3)15(4)5)23-13-17-22-12-16(25-17)19(6,7)8/h12,14-15H,9-11,13H2,1-8H3,(H2,20,21,23). The Morgan fingerprint density at radius 3 is 2.32 bits per heavy atom. The third kappa shape index (κ3) is 7.46. The van der Waals surface area contributed by atoms with Crippen LogP contribution in [-0.2, 0) is 12.0 Å². The molecule has 0 aromatic carbocycles. The largest absolute Gasteiger partial charge is 0.443 e. The van der Waals surface area contributed by atoms with E-state index in [1.165, 1.54) is 0 Å². The fourth-order valence-corrected chi connectivity index (χ4v) is 2.63. The third-order valence-corrected chi connectivity index (χ3v) is 4.00. The van der Waals surface area contributed by atoms with E-state index in [0.717, 1.165) is 31.4 Å². The van der Waals surface area contributed by atoms with Crippen LogP contribution in [0.2, 0.25) is 0 Å². The molecule has 0 atom stereocenters. The van der Waals surface area contributed by atoms with Crippen LogP contribution in [0, 0.1) is 0 Å². The van der Waals surface area contributed by atoms with E-state index in [2.05, 4.69) is 80.9 Å². The van der Waals surface area contributed by atoms with E-state index in [4.69, 9.17) is 4.42 Å². The van der Waals surface area contributed by atoms with Gasteiger partial charge in [0.25, 0.3) is 0 Å². The van der Waals surface area contributed by atoms with Crippen LogP contribution in [0.1, 0.15) is 67.0 Å². The molecular formula is C19H37N5O. The summed E-state index contributed by atoms with van der Waals surface area (Å²) in [6.07, 6.45) is 1.80. The van der Waals surface area contributed by atoms with Crippen molar-refractivity contribution in [3.8, 4) is 0 Å². The second-order valence-electron chi connectivity index (χ2n) is 7.92. The van der Waals surface area contributed by atoms with Gasteiger partial charge < -0.3 is 15.1 Å². The van der Waals surface area contributed by atoms with Gasteiger partial charge in [-0.3, -0.25) is 4.90 Å². The number of aromatic nitrogens is 1. The summed E-state index contributed by atoms with van der Waals surface area (Å²) >= 11 is 0. The Bertz CT molecular complexity index is 520. The number of aliphatic imine (C=N–C) groups is 1. The molecule has 0 unspecified atom stereocenters. The normalized spacial score (nSPS) is 13.2. The van der Waals surface area contributed by atoms with Gasteiger partial charge in [0.2, 0.25) is 5.89 Å². The number of guanidine groups is 1. The minimum atomic E-state index is -0.0329. The third-order valence-electron chi connectivity index (χ3n) is 4.00. The van der Waals surface area contributed by atoms with Crippen molar-refractivity contribution in [3.63, 3.8) is 0 Å². The minimum absolute atomic E-state index is 0.0329. The summed E-state index contributed by atoms with van der Waals surface area (Å²) in [5.41, 5.74) is -0.0329. The van der Waals surface area contributed by atoms with Crippen molar-refractivity contribution in [2.24, 2.45) is 4.99 Å². The van der Waals surface area contributed by atoms with Crippen molar-refractivity contribution < 1.29 is 4.42 Å². The molecule has 6 heteroatoms. The maximum Gasteiger partial charge on any atom is 0.216 e. The lowest BCUT2D eigenvalue weighted by Crippen LogP contribution is -2.45. The molecule has 0 saturated heterocycles. The second kappa shape index (κ2) is 9.80. The van der Waals surface area contributed by atoms with Crippen LogP contribution in [0.15, 0.2) is 15.6 Å². The van der Waals surface area contributed by atoms with Gasteiger partial charge in [0.15, 0.2) is 5.96 Å². The smallest absolute Gasteiger partial charge is 0.216 e. The van der Waals surface area contributed by atoms with Crippen LogP contribution < -0.4 is 10.6 Å². The number of oxazole rings is 1. The maximum atomic E-state index is 5.80. The molecule has 2 N–H and O–H groups in total. The van der Waals surface area contributed by atoms with Crippen molar-refractivity contribution in [2.45, 2.75) is 79.4 Å². The average molecular weight is 352 g/mol. The summed E-state index contributed by atoms with van der Waals surface area (Å²) in [5, 5.41) is 6.67. The van der Waals surface area contributed by atoms with Crippen molar-refractivity contribution in [1.82, 2.24) is 20.5 Å². The van der Waals surface area contributed by atoms with Crippen molar-refractivity contribution in [3.05, 3.63) is 17.8 Å². The SMILES string of the molecule is CCNC(=NCc1ncc(C(C)(C)C)o1)NCCN(C(C)C)C(C)C. The van der Waals surface area contributed by atoms with E-state index in [9.17, 15) is 0 Å². The topological polar surface area (TPSA) is 65.7 Å². The Morgan fingerprint density at radius 2 is 1.84 bits per heavy atom. The van der Waals surface area contributed by atoms with Crippen LogP contribution >= 0.6 is 0 Å². The van der Waals surface area contributed by atoms with Crippen LogP contribution in [0.5, 0.6) is 0 Å². The molecule has 0 bridgehead atoms. The molecule has 25 heavy (non-hydrogen) atoms. The highest BCUT2D eigenvalue weighted by molar-refractivity contribution is 5.79. The lowest BCUT2D eigenvalue weighted by molar-refractivity contribution is 0.178. The first-order chi connectivity index (χ1) is 11.6. The summed E-state index contributed by atoms with van der Waals surface area (Å²) in [6.45, 7) is 20.4. The molecule has 0 saturated carbocycles. The summed E-state index contributed by atoms with van der Waals surface area (Å²) in [4.78, 5) is 11.4. The van der Waals surface area contributed by atoms with Gasteiger partial charge >= 0.3 is 0 Å². The number of hydrogen-bond donors (Lipinski definition) is 2. The fraction of sp³-hybridized carbons (Fsp3) is 0.789. The van der Waals surface area contributed by atoms with Gasteiger partial charge in [0.1, 0.15) is 12.3 Å². The van der Waals surface area contributed by atoms with Crippen molar-refractivity contribution in [2.75, 3.05) is 19.6 Å². The number of hydrogen-bond acceptors (Lipinski definition) is 4. The van der Waals surface area contributed by atoms with E-state index in [1.54, 1.807) is 6.20 Å². The zero-order valence-electron chi connectivity index (χ0n) is 17.3. The van der Waals surface area contributed by atoms with Gasteiger partial charge in [-0.15, -0.1) is 0 Å². The Labute approximate surface area is 153 Å². The van der Waals surface area contributed by atoms with Gasteiger partial charge in [-0.05, 0) is 34.6 Å². The van der Waals surface area contributed by atoms with Gasteiger partial charge in [-0.2, -0.15) is 0 Å². The highest BCUT2D eigenvalue weighted by atomic mass is 16.4. The molecule has 1 rings (SSSR count). The lowest BCUT2D eigenvalue weighted by Gasteiger charge is -2.30. The van der Waals surface area contributed by atoms with Gasteiger partial charge in [-0.1, -0.05) is 20.8 Å². The zero-order chi connectivity index (χ0) is 19.0. The number of nitrogens with zero attached hydrogens (tertiary/aromatic N) is 3. The summed E-state index contributed by atoms with van der Waals surface area (Å²) in [7, 11) is 0. The van der Waals surface area contributed by atoms with Gasteiger partial charge in [-0.25, -0.2) is 9.98 Å². The first-order valence-corrected chi connectivity index (χ1v) is 9.38. The summed E-state index contributed by atoms with van der Waals surface area (Å²) in [5.74, 6) is 2.33. The predicted molar refractivity (Wildman–Crippen MR) is 105 cm³/mol. The van der Waals surface area contributed by atoms with Gasteiger partial charge in [0, 0.05) is 37.1 Å². The van der Waals surface area contributed by atoms with Crippen molar-refractivity contribution in [1.29, 1.82) is 0 Å². The van der Waals surface area contributed by atoms with Crippen molar-refractivity contribution >= 4 is 5.96 Å². The molecule has 6 nitrogen and oxygen atoms in total. The van der Waals surface area contributed by atoms with Crippen LogP contribution in [-0.4, -0.2) is 47.6 Å². The molecule has 0 amide bonds. The first kappa shape index (κ1) is 21.5. The molecule has 1 aromatic heterocycles. The van der Waals surface area contributed by atoms with E-state index < -0.39 is 0 Å². The van der Waals surface area contributed by atoms with Crippen LogP contribution in [0.3, 0.4) is 0 Å². The quantitative estimate of drug-likeness (QED) is 0.556. The van der Waals surface area contributed by atoms with Crippen LogP contribution in [0.4, 0.5) is 0 Å². The molecule has 0 aliphatic rings. The first-order valence-electron chi connectivity index (χ1n) is 9.38. The minimum Gasteiger partial charge on any atom is -0.443 e. The molecular weight excluding hydrogens is 314 g/mol. The monoisotopic (exact) mass is 351 g/mol. The summed E-state index contributed by atoms with van der Waals surface area (Å²) < 4.78 is 5.80. The molecule has 0 aliphatic heterocycles. The number of rotatable bonds is 8. The van der Waals surface area contributed by atoms with Gasteiger partial charge in [0.05, 0.1) is 6.20 Å². The molecule has 0 spiro atoms. The molecule has 1 heterocycles. The van der Waals surface area contributed by atoms with E-state index in [0.29, 0.717) is 24.5 Å². The molecule has 0 aliphatic carbocycles. The Balaban J connectivity index is 2.60. The molecule has 0 fully saturated rings. The number of nitrogens with one attached hydrogen (secondary N) is 2. The van der Waals surface area contributed by atoms with E-state index in [-0.39, 0.29) is 5.41 Å². The molecule has 0 radical (unpaired) electrons. The highest BCUT2D eigenvalue weighted by Crippen LogP contribution is 2.22. The summed E-state index contributed by atoms with van der Waals surface area (Å²) in [6, 6.07) is 1.06. The maximum absolute atomic E-state index is 5.80. The zero-order valence-corrected chi connectivity index (χ0v) is 17.3. The lowest BCUT2D eigenvalue weighted by atomic mass is 9.94. The van der Waals surface area contributed by atoms with E-state index >= 15 is 0 Å². The fourth-order valence-electron chi connectivity index (χ4n) is 2.63. The Morgan fingerprint density at radius 1 is 1.20 bits per heavy atom. The second-order valence-corrected chi connectivity index (χ2v) is 7.92. The molecule has 144 valence electrons. The Hall–Kier alpha value is -1.56. The Kier molecular flexibility index (Phi) is 8.42.